The first-order chi connectivity index (χ1) is 10.0. The lowest BCUT2D eigenvalue weighted by Gasteiger charge is -2.13. The molecule has 1 N–H and O–H groups in total. The van der Waals surface area contributed by atoms with Crippen LogP contribution in [0.25, 0.3) is 11.0 Å². The molecule has 3 rings (SSSR count). The van der Waals surface area contributed by atoms with E-state index in [-0.39, 0.29) is 6.10 Å². The number of hydrogen-bond donors (Lipinski definition) is 1. The van der Waals surface area contributed by atoms with E-state index in [9.17, 15) is 0 Å². The van der Waals surface area contributed by atoms with Gasteiger partial charge in [-0.15, -0.1) is 0 Å². The second kappa shape index (κ2) is 5.41. The summed E-state index contributed by atoms with van der Waals surface area (Å²) in [5.74, 6) is 1.47. The number of benzene rings is 2. The maximum absolute atomic E-state index is 6.12. The van der Waals surface area contributed by atoms with E-state index in [0.29, 0.717) is 10.8 Å². The molecular formula is C17H17ClN2O. The third-order valence-corrected chi connectivity index (χ3v) is 3.95. The topological polar surface area (TPSA) is 37.9 Å². The Hall–Kier alpha value is -2.00. The molecule has 4 heteroatoms. The number of aromatic amines is 1. The Balaban J connectivity index is 1.91. The minimum Gasteiger partial charge on any atom is -0.481 e. The minimum absolute atomic E-state index is 0.196. The second-order valence-corrected chi connectivity index (χ2v) is 5.67. The molecule has 1 atom stereocenters. The van der Waals surface area contributed by atoms with Crippen LogP contribution in [0.3, 0.4) is 0 Å². The van der Waals surface area contributed by atoms with Crippen LogP contribution in [0.2, 0.25) is 5.02 Å². The summed E-state index contributed by atoms with van der Waals surface area (Å²) in [6, 6.07) is 11.7. The summed E-state index contributed by atoms with van der Waals surface area (Å²) < 4.78 is 5.90. The zero-order chi connectivity index (χ0) is 15.0. The summed E-state index contributed by atoms with van der Waals surface area (Å²) in [5.41, 5.74) is 4.48. The Kier molecular flexibility index (Phi) is 3.60. The lowest BCUT2D eigenvalue weighted by molar-refractivity contribution is 0.218. The minimum atomic E-state index is -0.196. The third-order valence-electron chi connectivity index (χ3n) is 3.64. The predicted molar refractivity (Wildman–Crippen MR) is 86.1 cm³/mol. The van der Waals surface area contributed by atoms with Crippen molar-refractivity contribution in [3.05, 3.63) is 58.4 Å². The lowest BCUT2D eigenvalue weighted by Crippen LogP contribution is -2.05. The number of aromatic nitrogens is 2. The van der Waals surface area contributed by atoms with Gasteiger partial charge in [0.15, 0.2) is 6.10 Å². The van der Waals surface area contributed by atoms with Gasteiger partial charge in [-0.3, -0.25) is 0 Å². The van der Waals surface area contributed by atoms with Gasteiger partial charge in [-0.1, -0.05) is 23.7 Å². The molecule has 1 aromatic heterocycles. The van der Waals surface area contributed by atoms with Gasteiger partial charge >= 0.3 is 0 Å². The molecule has 0 unspecified atom stereocenters. The van der Waals surface area contributed by atoms with Crippen LogP contribution < -0.4 is 4.74 Å². The van der Waals surface area contributed by atoms with Crippen LogP contribution in [0, 0.1) is 13.8 Å². The molecule has 0 fully saturated rings. The fourth-order valence-corrected chi connectivity index (χ4v) is 2.45. The molecule has 0 aliphatic heterocycles. The molecule has 1 heterocycles. The molecule has 0 saturated heterocycles. The largest absolute Gasteiger partial charge is 0.481 e. The first-order valence-electron chi connectivity index (χ1n) is 6.92. The van der Waals surface area contributed by atoms with E-state index >= 15 is 0 Å². The van der Waals surface area contributed by atoms with E-state index in [0.717, 1.165) is 16.9 Å². The van der Waals surface area contributed by atoms with Gasteiger partial charge in [0.1, 0.15) is 11.6 Å². The van der Waals surface area contributed by atoms with Crippen molar-refractivity contribution in [2.24, 2.45) is 0 Å². The zero-order valence-corrected chi connectivity index (χ0v) is 13.0. The van der Waals surface area contributed by atoms with Crippen LogP contribution in [0.15, 0.2) is 36.4 Å². The van der Waals surface area contributed by atoms with Crippen molar-refractivity contribution < 1.29 is 4.74 Å². The molecule has 0 spiro atoms. The Morgan fingerprint density at radius 1 is 1.14 bits per heavy atom. The van der Waals surface area contributed by atoms with Crippen molar-refractivity contribution in [3.63, 3.8) is 0 Å². The van der Waals surface area contributed by atoms with Crippen LogP contribution in [-0.2, 0) is 0 Å². The van der Waals surface area contributed by atoms with E-state index in [1.54, 1.807) is 0 Å². The molecule has 21 heavy (non-hydrogen) atoms. The molecule has 3 aromatic rings. The number of hydrogen-bond acceptors (Lipinski definition) is 2. The highest BCUT2D eigenvalue weighted by molar-refractivity contribution is 6.32. The summed E-state index contributed by atoms with van der Waals surface area (Å²) in [6.45, 7) is 6.15. The molecule has 3 nitrogen and oxygen atoms in total. The van der Waals surface area contributed by atoms with Gasteiger partial charge in [-0.2, -0.15) is 0 Å². The van der Waals surface area contributed by atoms with Gasteiger partial charge in [0.2, 0.25) is 0 Å². The number of aryl methyl sites for hydroxylation is 2. The zero-order valence-electron chi connectivity index (χ0n) is 12.3. The number of fused-ring (bicyclic) bond motifs is 1. The first-order valence-corrected chi connectivity index (χ1v) is 7.30. The van der Waals surface area contributed by atoms with Crippen molar-refractivity contribution in [1.82, 2.24) is 9.97 Å². The average molecular weight is 301 g/mol. The van der Waals surface area contributed by atoms with E-state index < -0.39 is 0 Å². The summed E-state index contributed by atoms with van der Waals surface area (Å²) in [7, 11) is 0. The maximum Gasteiger partial charge on any atom is 0.153 e. The molecular weight excluding hydrogens is 284 g/mol. The molecule has 0 amide bonds. The highest BCUT2D eigenvalue weighted by atomic mass is 35.5. The summed E-state index contributed by atoms with van der Waals surface area (Å²) in [6.07, 6.45) is -0.196. The van der Waals surface area contributed by atoms with Gasteiger partial charge in [0.25, 0.3) is 0 Å². The van der Waals surface area contributed by atoms with Gasteiger partial charge in [-0.05, 0) is 56.2 Å². The van der Waals surface area contributed by atoms with Crippen molar-refractivity contribution in [2.45, 2.75) is 26.9 Å². The number of imidazole rings is 1. The molecule has 0 radical (unpaired) electrons. The number of H-pyrrole nitrogens is 1. The number of para-hydroxylation sites is 1. The Labute approximate surface area is 128 Å². The first kappa shape index (κ1) is 14.0. The monoisotopic (exact) mass is 300 g/mol. The maximum atomic E-state index is 6.12. The quantitative estimate of drug-likeness (QED) is 0.741. The van der Waals surface area contributed by atoms with Crippen molar-refractivity contribution in [1.29, 1.82) is 0 Å². The summed E-state index contributed by atoms with van der Waals surface area (Å²) in [5, 5.41) is 0.604. The average Bonchev–Trinajstić information content (AvgIpc) is 2.85. The number of nitrogens with one attached hydrogen (secondary N) is 1. The summed E-state index contributed by atoms with van der Waals surface area (Å²) >= 11 is 6.12. The summed E-state index contributed by atoms with van der Waals surface area (Å²) in [4.78, 5) is 7.94. The normalized spacial score (nSPS) is 12.6. The van der Waals surface area contributed by atoms with E-state index in [2.05, 4.69) is 35.9 Å². The lowest BCUT2D eigenvalue weighted by atomic mass is 10.1. The molecule has 0 bridgehead atoms. The molecule has 0 aliphatic rings. The third kappa shape index (κ3) is 2.74. The van der Waals surface area contributed by atoms with Crippen LogP contribution in [-0.4, -0.2) is 9.97 Å². The van der Waals surface area contributed by atoms with Gasteiger partial charge < -0.3 is 9.72 Å². The number of nitrogens with zero attached hydrogens (tertiary/aromatic N) is 1. The smallest absolute Gasteiger partial charge is 0.153 e. The molecule has 2 aromatic carbocycles. The van der Waals surface area contributed by atoms with Crippen LogP contribution in [0.5, 0.6) is 5.75 Å². The van der Waals surface area contributed by atoms with Crippen molar-refractivity contribution in [3.8, 4) is 5.75 Å². The van der Waals surface area contributed by atoms with Crippen LogP contribution >= 0.6 is 11.6 Å². The van der Waals surface area contributed by atoms with E-state index in [4.69, 9.17) is 16.3 Å². The Bertz CT molecular complexity index is 756. The van der Waals surface area contributed by atoms with Crippen LogP contribution in [0.4, 0.5) is 0 Å². The van der Waals surface area contributed by atoms with Crippen molar-refractivity contribution in [2.75, 3.05) is 0 Å². The van der Waals surface area contributed by atoms with Crippen molar-refractivity contribution >= 4 is 22.6 Å². The SMILES string of the molecule is Cc1cc2nc([C@@H](C)Oc3ccccc3Cl)[nH]c2cc1C. The Morgan fingerprint density at radius 2 is 1.86 bits per heavy atom. The fraction of sp³-hybridized carbons (Fsp3) is 0.235. The molecule has 0 saturated carbocycles. The predicted octanol–water partition coefficient (Wildman–Crippen LogP) is 4.97. The standard InChI is InChI=1S/C17H17ClN2O/c1-10-8-14-15(9-11(10)2)20-17(19-14)12(3)21-16-7-5-4-6-13(16)18/h4-9,12H,1-3H3,(H,19,20)/t12-/m1/s1. The number of halogens is 1. The van der Waals surface area contributed by atoms with Gasteiger partial charge in [0, 0.05) is 0 Å². The van der Waals surface area contributed by atoms with E-state index in [1.165, 1.54) is 11.1 Å². The van der Waals surface area contributed by atoms with E-state index in [1.807, 2.05) is 31.2 Å². The number of rotatable bonds is 3. The van der Waals surface area contributed by atoms with Gasteiger partial charge in [-0.25, -0.2) is 4.98 Å². The number of ether oxygens (including phenoxy) is 1. The van der Waals surface area contributed by atoms with Crippen LogP contribution in [0.1, 0.15) is 30.0 Å². The molecule has 0 aliphatic carbocycles. The highest BCUT2D eigenvalue weighted by Gasteiger charge is 2.14. The highest BCUT2D eigenvalue weighted by Crippen LogP contribution is 2.28. The second-order valence-electron chi connectivity index (χ2n) is 5.27. The molecule has 108 valence electrons. The Morgan fingerprint density at radius 3 is 2.62 bits per heavy atom. The fourth-order valence-electron chi connectivity index (χ4n) is 2.27. The van der Waals surface area contributed by atoms with Gasteiger partial charge in [0.05, 0.1) is 16.1 Å².